The molecule has 0 heterocycles. The van der Waals surface area contributed by atoms with Crippen molar-refractivity contribution in [1.82, 2.24) is 5.32 Å². The van der Waals surface area contributed by atoms with Crippen molar-refractivity contribution < 1.29 is 19.1 Å². The van der Waals surface area contributed by atoms with E-state index < -0.39 is 5.97 Å². The fraction of sp³-hybridized carbons (Fsp3) is 0.300. The minimum atomic E-state index is -0.482. The van der Waals surface area contributed by atoms with Gasteiger partial charge in [0.25, 0.3) is 0 Å². The highest BCUT2D eigenvalue weighted by molar-refractivity contribution is 5.95. The molecule has 138 valence electrons. The molecular formula is C20H24N2O4. The van der Waals surface area contributed by atoms with Gasteiger partial charge in [-0.05, 0) is 50.1 Å². The first-order valence-electron chi connectivity index (χ1n) is 8.39. The minimum Gasteiger partial charge on any atom is -0.489 e. The third kappa shape index (κ3) is 5.24. The number of nitrogens with one attached hydrogen (secondary N) is 2. The lowest BCUT2D eigenvalue weighted by atomic mass is 10.1. The van der Waals surface area contributed by atoms with Crippen molar-refractivity contribution >= 4 is 17.7 Å². The summed E-state index contributed by atoms with van der Waals surface area (Å²) in [6, 6.07) is 12.2. The van der Waals surface area contributed by atoms with Gasteiger partial charge >= 0.3 is 12.0 Å². The quantitative estimate of drug-likeness (QED) is 0.770. The average Bonchev–Trinajstić information content (AvgIpc) is 2.61. The molecular weight excluding hydrogens is 332 g/mol. The van der Waals surface area contributed by atoms with E-state index in [1.165, 1.54) is 13.2 Å². The average molecular weight is 356 g/mol. The Balaban J connectivity index is 2.13. The number of anilines is 1. The van der Waals surface area contributed by atoms with Crippen molar-refractivity contribution in [3.63, 3.8) is 0 Å². The Bertz CT molecular complexity index is 787. The molecule has 0 bridgehead atoms. The van der Waals surface area contributed by atoms with Gasteiger partial charge < -0.3 is 20.1 Å². The number of benzene rings is 2. The molecule has 0 fully saturated rings. The van der Waals surface area contributed by atoms with E-state index in [-0.39, 0.29) is 12.1 Å². The van der Waals surface area contributed by atoms with Crippen LogP contribution in [-0.2, 0) is 11.3 Å². The molecule has 0 aliphatic rings. The van der Waals surface area contributed by atoms with Crippen LogP contribution in [0, 0.1) is 6.92 Å². The van der Waals surface area contributed by atoms with Gasteiger partial charge in [0, 0.05) is 6.54 Å². The summed E-state index contributed by atoms with van der Waals surface area (Å²) in [5.74, 6) is 0.00293. The Morgan fingerprint density at radius 3 is 2.50 bits per heavy atom. The number of hydrogen-bond donors (Lipinski definition) is 2. The zero-order valence-corrected chi connectivity index (χ0v) is 15.5. The standard InChI is InChI=1S/C20H24N2O4/c1-13(2)26-18-10-9-15(19(23)25-4)11-17(18)22-20(24)21-12-16-8-6-5-7-14(16)3/h5-11,13H,12H2,1-4H3,(H2,21,22,24). The van der Waals surface area contributed by atoms with Gasteiger partial charge in [-0.1, -0.05) is 24.3 Å². The number of hydrogen-bond acceptors (Lipinski definition) is 4. The van der Waals surface area contributed by atoms with Crippen LogP contribution < -0.4 is 15.4 Å². The maximum atomic E-state index is 12.3. The van der Waals surface area contributed by atoms with E-state index in [1.54, 1.807) is 12.1 Å². The number of esters is 1. The Morgan fingerprint density at radius 1 is 1.12 bits per heavy atom. The second kappa shape index (κ2) is 8.89. The van der Waals surface area contributed by atoms with Gasteiger partial charge in [0.1, 0.15) is 5.75 Å². The van der Waals surface area contributed by atoms with Gasteiger partial charge in [0.05, 0.1) is 24.5 Å². The van der Waals surface area contributed by atoms with Crippen LogP contribution in [0.15, 0.2) is 42.5 Å². The smallest absolute Gasteiger partial charge is 0.337 e. The zero-order chi connectivity index (χ0) is 19.1. The Kier molecular flexibility index (Phi) is 6.60. The Hall–Kier alpha value is -3.02. The minimum absolute atomic E-state index is 0.0745. The van der Waals surface area contributed by atoms with Crippen LogP contribution in [0.5, 0.6) is 5.75 Å². The number of aryl methyl sites for hydroxylation is 1. The summed E-state index contributed by atoms with van der Waals surface area (Å²) in [5, 5.41) is 5.55. The second-order valence-corrected chi connectivity index (χ2v) is 6.10. The summed E-state index contributed by atoms with van der Waals surface area (Å²) in [4.78, 5) is 24.0. The van der Waals surface area contributed by atoms with Crippen LogP contribution in [0.2, 0.25) is 0 Å². The molecule has 0 atom stereocenters. The van der Waals surface area contributed by atoms with Crippen LogP contribution in [-0.4, -0.2) is 25.2 Å². The molecule has 2 amide bonds. The number of methoxy groups -OCH3 is 1. The summed E-state index contributed by atoms with van der Waals surface area (Å²) in [6.45, 7) is 6.16. The molecule has 0 saturated carbocycles. The van der Waals surface area contributed by atoms with E-state index >= 15 is 0 Å². The molecule has 2 N–H and O–H groups in total. The number of rotatable bonds is 6. The summed E-state index contributed by atoms with van der Waals surface area (Å²) >= 11 is 0. The van der Waals surface area contributed by atoms with Crippen molar-refractivity contribution in [3.8, 4) is 5.75 Å². The van der Waals surface area contributed by atoms with Crippen molar-refractivity contribution in [1.29, 1.82) is 0 Å². The van der Waals surface area contributed by atoms with Crippen LogP contribution in [0.25, 0.3) is 0 Å². The van der Waals surface area contributed by atoms with Crippen molar-refractivity contribution in [3.05, 3.63) is 59.2 Å². The molecule has 0 aromatic heterocycles. The van der Waals surface area contributed by atoms with Crippen LogP contribution in [0.4, 0.5) is 10.5 Å². The van der Waals surface area contributed by atoms with E-state index in [0.717, 1.165) is 11.1 Å². The highest BCUT2D eigenvalue weighted by Crippen LogP contribution is 2.27. The fourth-order valence-electron chi connectivity index (χ4n) is 2.38. The molecule has 0 saturated heterocycles. The SMILES string of the molecule is COC(=O)c1ccc(OC(C)C)c(NC(=O)NCc2ccccc2C)c1. The first kappa shape index (κ1) is 19.3. The van der Waals surface area contributed by atoms with E-state index in [1.807, 2.05) is 45.0 Å². The molecule has 6 heteroatoms. The van der Waals surface area contributed by atoms with Gasteiger partial charge in [-0.2, -0.15) is 0 Å². The molecule has 2 aromatic rings. The molecule has 6 nitrogen and oxygen atoms in total. The number of amides is 2. The molecule has 0 unspecified atom stereocenters. The van der Waals surface area contributed by atoms with Gasteiger partial charge in [-0.25, -0.2) is 9.59 Å². The fourth-order valence-corrected chi connectivity index (χ4v) is 2.38. The van der Waals surface area contributed by atoms with Gasteiger partial charge in [-0.3, -0.25) is 0 Å². The normalized spacial score (nSPS) is 10.3. The molecule has 0 aliphatic heterocycles. The van der Waals surface area contributed by atoms with Gasteiger partial charge in [-0.15, -0.1) is 0 Å². The summed E-state index contributed by atoms with van der Waals surface area (Å²) in [6.07, 6.45) is -0.0745. The first-order valence-corrected chi connectivity index (χ1v) is 8.39. The highest BCUT2D eigenvalue weighted by Gasteiger charge is 2.14. The lowest BCUT2D eigenvalue weighted by Crippen LogP contribution is -2.29. The summed E-state index contributed by atoms with van der Waals surface area (Å²) in [5.41, 5.74) is 2.87. The van der Waals surface area contributed by atoms with Crippen molar-refractivity contribution in [2.24, 2.45) is 0 Å². The molecule has 0 radical (unpaired) electrons. The lowest BCUT2D eigenvalue weighted by molar-refractivity contribution is 0.0600. The van der Waals surface area contributed by atoms with E-state index in [4.69, 9.17) is 9.47 Å². The maximum absolute atomic E-state index is 12.3. The molecule has 0 aliphatic carbocycles. The lowest BCUT2D eigenvalue weighted by Gasteiger charge is -2.16. The summed E-state index contributed by atoms with van der Waals surface area (Å²) in [7, 11) is 1.31. The molecule has 0 spiro atoms. The number of urea groups is 1. The van der Waals surface area contributed by atoms with E-state index in [2.05, 4.69) is 10.6 Å². The van der Waals surface area contributed by atoms with E-state index in [9.17, 15) is 9.59 Å². The largest absolute Gasteiger partial charge is 0.489 e. The molecule has 26 heavy (non-hydrogen) atoms. The first-order chi connectivity index (χ1) is 12.4. The third-order valence-corrected chi connectivity index (χ3v) is 3.71. The zero-order valence-electron chi connectivity index (χ0n) is 15.5. The molecule has 2 aromatic carbocycles. The van der Waals surface area contributed by atoms with Crippen molar-refractivity contribution in [2.75, 3.05) is 12.4 Å². The third-order valence-electron chi connectivity index (χ3n) is 3.71. The van der Waals surface area contributed by atoms with Crippen LogP contribution in [0.1, 0.15) is 35.3 Å². The topological polar surface area (TPSA) is 76.7 Å². The van der Waals surface area contributed by atoms with Crippen LogP contribution >= 0.6 is 0 Å². The monoisotopic (exact) mass is 356 g/mol. The Morgan fingerprint density at radius 2 is 1.85 bits per heavy atom. The number of carbonyl (C=O) groups excluding carboxylic acids is 2. The second-order valence-electron chi connectivity index (χ2n) is 6.10. The number of ether oxygens (including phenoxy) is 2. The number of carbonyl (C=O) groups is 2. The van der Waals surface area contributed by atoms with E-state index in [0.29, 0.717) is 23.5 Å². The van der Waals surface area contributed by atoms with Crippen molar-refractivity contribution in [2.45, 2.75) is 33.4 Å². The van der Waals surface area contributed by atoms with Gasteiger partial charge in [0.15, 0.2) is 0 Å². The molecule has 2 rings (SSSR count). The highest BCUT2D eigenvalue weighted by atomic mass is 16.5. The Labute approximate surface area is 153 Å². The van der Waals surface area contributed by atoms with Gasteiger partial charge in [0.2, 0.25) is 0 Å². The maximum Gasteiger partial charge on any atom is 0.337 e. The predicted molar refractivity (Wildman–Crippen MR) is 101 cm³/mol. The van der Waals surface area contributed by atoms with Crippen LogP contribution in [0.3, 0.4) is 0 Å². The predicted octanol–water partition coefficient (Wildman–Crippen LogP) is 3.89. The summed E-state index contributed by atoms with van der Waals surface area (Å²) < 4.78 is 10.4.